The molecule has 0 spiro atoms. The molecule has 1 heteroatoms. The topological polar surface area (TPSA) is 12.9 Å². The van der Waals surface area contributed by atoms with Crippen LogP contribution in [-0.2, 0) is 6.42 Å². The third-order valence-corrected chi connectivity index (χ3v) is 3.56. The number of benzene rings is 2. The lowest BCUT2D eigenvalue weighted by molar-refractivity contribution is 0.739. The molecule has 3 rings (SSSR count). The highest BCUT2D eigenvalue weighted by atomic mass is 14.7. The molecule has 0 saturated heterocycles. The number of hydrogen-bond donors (Lipinski definition) is 0. The summed E-state index contributed by atoms with van der Waals surface area (Å²) in [6.45, 7) is 2.25. The second-order valence-electron chi connectivity index (χ2n) is 5.01. The van der Waals surface area contributed by atoms with Crippen molar-refractivity contribution >= 4 is 10.8 Å². The number of hydrogen-bond acceptors (Lipinski definition) is 1. The second kappa shape index (κ2) is 5.23. The fourth-order valence-corrected chi connectivity index (χ4v) is 2.60. The molecule has 0 saturated carbocycles. The Kier molecular flexibility index (Phi) is 3.28. The standard InChI is InChI=1S/C18H17N/c1-14(13-15-7-3-2-4-8-15)18-17-10-6-5-9-16(17)11-12-19-18/h2-12,14H,13H2,1H3. The fraction of sp³-hybridized carbons (Fsp3) is 0.167. The van der Waals surface area contributed by atoms with Crippen LogP contribution in [0.15, 0.2) is 66.9 Å². The van der Waals surface area contributed by atoms with Crippen molar-refractivity contribution in [3.05, 3.63) is 78.1 Å². The molecule has 2 aromatic carbocycles. The maximum atomic E-state index is 4.60. The molecule has 3 aromatic rings. The lowest BCUT2D eigenvalue weighted by Gasteiger charge is -2.13. The molecule has 0 aliphatic heterocycles. The van der Waals surface area contributed by atoms with Crippen molar-refractivity contribution in [3.8, 4) is 0 Å². The number of aromatic nitrogens is 1. The summed E-state index contributed by atoms with van der Waals surface area (Å²) in [6, 6.07) is 21.2. The van der Waals surface area contributed by atoms with Crippen LogP contribution in [0.25, 0.3) is 10.8 Å². The Labute approximate surface area is 113 Å². The zero-order chi connectivity index (χ0) is 13.1. The molecular weight excluding hydrogens is 230 g/mol. The van der Waals surface area contributed by atoms with Gasteiger partial charge in [-0.15, -0.1) is 0 Å². The zero-order valence-corrected chi connectivity index (χ0v) is 11.1. The van der Waals surface area contributed by atoms with Crippen molar-refractivity contribution in [2.24, 2.45) is 0 Å². The van der Waals surface area contributed by atoms with Gasteiger partial charge < -0.3 is 0 Å². The predicted molar refractivity (Wildman–Crippen MR) is 80.3 cm³/mol. The minimum absolute atomic E-state index is 0.425. The van der Waals surface area contributed by atoms with Crippen LogP contribution < -0.4 is 0 Å². The first-order valence-corrected chi connectivity index (χ1v) is 6.72. The first-order valence-electron chi connectivity index (χ1n) is 6.72. The second-order valence-corrected chi connectivity index (χ2v) is 5.01. The van der Waals surface area contributed by atoms with Gasteiger partial charge in [0.1, 0.15) is 0 Å². The number of rotatable bonds is 3. The summed E-state index contributed by atoms with van der Waals surface area (Å²) >= 11 is 0. The minimum atomic E-state index is 0.425. The van der Waals surface area contributed by atoms with Crippen molar-refractivity contribution in [1.82, 2.24) is 4.98 Å². The van der Waals surface area contributed by atoms with E-state index in [0.29, 0.717) is 5.92 Å². The van der Waals surface area contributed by atoms with Gasteiger partial charge in [0.15, 0.2) is 0 Å². The molecule has 0 bridgehead atoms. The van der Waals surface area contributed by atoms with E-state index in [1.54, 1.807) is 0 Å². The van der Waals surface area contributed by atoms with Gasteiger partial charge in [0.25, 0.3) is 0 Å². The summed E-state index contributed by atoms with van der Waals surface area (Å²) in [5, 5.41) is 2.54. The highest BCUT2D eigenvalue weighted by molar-refractivity contribution is 5.84. The predicted octanol–water partition coefficient (Wildman–Crippen LogP) is 4.58. The summed E-state index contributed by atoms with van der Waals surface area (Å²) in [4.78, 5) is 4.60. The van der Waals surface area contributed by atoms with E-state index in [-0.39, 0.29) is 0 Å². The van der Waals surface area contributed by atoms with E-state index >= 15 is 0 Å². The molecule has 19 heavy (non-hydrogen) atoms. The van der Waals surface area contributed by atoms with Gasteiger partial charge in [0.05, 0.1) is 5.69 Å². The number of pyridine rings is 1. The van der Waals surface area contributed by atoms with Gasteiger partial charge in [-0.05, 0) is 23.4 Å². The molecule has 1 heterocycles. The van der Waals surface area contributed by atoms with E-state index in [1.165, 1.54) is 22.0 Å². The van der Waals surface area contributed by atoms with Crippen LogP contribution in [-0.4, -0.2) is 4.98 Å². The molecule has 1 unspecified atom stereocenters. The van der Waals surface area contributed by atoms with Crippen LogP contribution >= 0.6 is 0 Å². The minimum Gasteiger partial charge on any atom is -0.260 e. The van der Waals surface area contributed by atoms with E-state index < -0.39 is 0 Å². The highest BCUT2D eigenvalue weighted by Gasteiger charge is 2.11. The summed E-state index contributed by atoms with van der Waals surface area (Å²) in [5.74, 6) is 0.425. The Balaban J connectivity index is 1.96. The van der Waals surface area contributed by atoms with Crippen molar-refractivity contribution in [3.63, 3.8) is 0 Å². The van der Waals surface area contributed by atoms with Crippen LogP contribution in [0.3, 0.4) is 0 Å². The first kappa shape index (κ1) is 11.9. The fourth-order valence-electron chi connectivity index (χ4n) is 2.60. The van der Waals surface area contributed by atoms with Crippen molar-refractivity contribution in [1.29, 1.82) is 0 Å². The lowest BCUT2D eigenvalue weighted by Crippen LogP contribution is -2.01. The van der Waals surface area contributed by atoms with E-state index in [1.807, 2.05) is 6.20 Å². The number of nitrogens with zero attached hydrogens (tertiary/aromatic N) is 1. The van der Waals surface area contributed by atoms with Gasteiger partial charge in [-0.25, -0.2) is 0 Å². The average molecular weight is 247 g/mol. The van der Waals surface area contributed by atoms with Gasteiger partial charge in [0.2, 0.25) is 0 Å². The van der Waals surface area contributed by atoms with Gasteiger partial charge in [-0.2, -0.15) is 0 Å². The lowest BCUT2D eigenvalue weighted by atomic mass is 9.94. The third kappa shape index (κ3) is 2.50. The van der Waals surface area contributed by atoms with E-state index in [0.717, 1.165) is 6.42 Å². The smallest absolute Gasteiger partial charge is 0.0513 e. The van der Waals surface area contributed by atoms with Gasteiger partial charge in [-0.1, -0.05) is 61.5 Å². The summed E-state index contributed by atoms with van der Waals surface area (Å²) in [6.07, 6.45) is 2.95. The van der Waals surface area contributed by atoms with Gasteiger partial charge in [0, 0.05) is 17.5 Å². The molecule has 1 aromatic heterocycles. The number of fused-ring (bicyclic) bond motifs is 1. The molecule has 1 atom stereocenters. The maximum Gasteiger partial charge on any atom is 0.0513 e. The summed E-state index contributed by atoms with van der Waals surface area (Å²) in [5.41, 5.74) is 2.56. The quantitative estimate of drug-likeness (QED) is 0.660. The Bertz CT molecular complexity index is 668. The molecule has 0 aliphatic carbocycles. The SMILES string of the molecule is CC(Cc1ccccc1)c1nccc2ccccc12. The Morgan fingerprint density at radius 1 is 0.895 bits per heavy atom. The molecule has 0 N–H and O–H groups in total. The van der Waals surface area contributed by atoms with Crippen molar-refractivity contribution in [2.45, 2.75) is 19.3 Å². The Morgan fingerprint density at radius 3 is 2.47 bits per heavy atom. The van der Waals surface area contributed by atoms with Crippen molar-refractivity contribution < 1.29 is 0 Å². The van der Waals surface area contributed by atoms with Crippen LogP contribution in [0.4, 0.5) is 0 Å². The molecule has 94 valence electrons. The van der Waals surface area contributed by atoms with Crippen molar-refractivity contribution in [2.75, 3.05) is 0 Å². The largest absolute Gasteiger partial charge is 0.260 e. The molecule has 0 aliphatic rings. The first-order chi connectivity index (χ1) is 9.34. The van der Waals surface area contributed by atoms with Gasteiger partial charge in [-0.3, -0.25) is 4.98 Å². The molecule has 1 nitrogen and oxygen atoms in total. The van der Waals surface area contributed by atoms with Crippen LogP contribution in [0.5, 0.6) is 0 Å². The summed E-state index contributed by atoms with van der Waals surface area (Å²) < 4.78 is 0. The van der Waals surface area contributed by atoms with Gasteiger partial charge >= 0.3 is 0 Å². The van der Waals surface area contributed by atoms with Crippen LogP contribution in [0.1, 0.15) is 24.1 Å². The molecular formula is C18H17N. The third-order valence-electron chi connectivity index (χ3n) is 3.56. The van der Waals surface area contributed by atoms with Crippen LogP contribution in [0, 0.1) is 0 Å². The molecule has 0 amide bonds. The maximum absolute atomic E-state index is 4.60. The molecule has 0 radical (unpaired) electrons. The van der Waals surface area contributed by atoms with E-state index in [9.17, 15) is 0 Å². The Hall–Kier alpha value is -2.15. The normalized spacial score (nSPS) is 12.5. The zero-order valence-electron chi connectivity index (χ0n) is 11.1. The molecule has 0 fully saturated rings. The van der Waals surface area contributed by atoms with E-state index in [4.69, 9.17) is 0 Å². The van der Waals surface area contributed by atoms with E-state index in [2.05, 4.69) is 72.6 Å². The highest BCUT2D eigenvalue weighted by Crippen LogP contribution is 2.25. The monoisotopic (exact) mass is 247 g/mol. The van der Waals surface area contributed by atoms with Crippen LogP contribution in [0.2, 0.25) is 0 Å². The Morgan fingerprint density at radius 2 is 1.63 bits per heavy atom. The summed E-state index contributed by atoms with van der Waals surface area (Å²) in [7, 11) is 0. The average Bonchev–Trinajstić information content (AvgIpc) is 2.47.